The van der Waals surface area contributed by atoms with Gasteiger partial charge in [-0.05, 0) is 61.4 Å². The molecule has 0 fully saturated rings. The average Bonchev–Trinajstić information content (AvgIpc) is 2.85. The molecule has 0 heterocycles. The monoisotopic (exact) mass is 482 g/mol. The van der Waals surface area contributed by atoms with Crippen molar-refractivity contribution in [3.05, 3.63) is 82.4 Å². The highest BCUT2D eigenvalue weighted by molar-refractivity contribution is 6.32. The van der Waals surface area contributed by atoms with Crippen LogP contribution in [0.5, 0.6) is 17.2 Å². The van der Waals surface area contributed by atoms with Crippen molar-refractivity contribution in [2.45, 2.75) is 13.3 Å². The molecule has 2 N–H and O–H groups in total. The molecule has 8 heteroatoms. The fraction of sp³-hybridized carbons (Fsp3) is 0.231. The molecule has 0 unspecified atom stereocenters. The van der Waals surface area contributed by atoms with E-state index in [0.717, 1.165) is 5.56 Å². The Balaban J connectivity index is 1.65. The van der Waals surface area contributed by atoms with Crippen LogP contribution in [0, 0.1) is 0 Å². The molecule has 3 rings (SSSR count). The lowest BCUT2D eigenvalue weighted by Gasteiger charge is -2.13. The molecular weight excluding hydrogens is 456 g/mol. The van der Waals surface area contributed by atoms with Crippen LogP contribution in [0.25, 0.3) is 0 Å². The second-order valence-corrected chi connectivity index (χ2v) is 7.68. The van der Waals surface area contributed by atoms with E-state index >= 15 is 0 Å². The van der Waals surface area contributed by atoms with Crippen molar-refractivity contribution < 1.29 is 23.8 Å². The number of hydrogen-bond donors (Lipinski definition) is 2. The molecular formula is C26H27ClN2O5. The van der Waals surface area contributed by atoms with E-state index in [1.54, 1.807) is 50.6 Å². The van der Waals surface area contributed by atoms with Crippen LogP contribution in [0.1, 0.15) is 33.2 Å². The molecule has 0 spiro atoms. The number of carbonyl (C=O) groups is 2. The first kappa shape index (κ1) is 24.9. The molecule has 0 aliphatic rings. The zero-order valence-corrected chi connectivity index (χ0v) is 20.1. The number of halogens is 1. The largest absolute Gasteiger partial charge is 0.493 e. The van der Waals surface area contributed by atoms with Gasteiger partial charge in [-0.25, -0.2) is 0 Å². The van der Waals surface area contributed by atoms with Crippen molar-refractivity contribution >= 4 is 29.1 Å². The minimum absolute atomic E-state index is 0.291. The zero-order valence-electron chi connectivity index (χ0n) is 19.3. The summed E-state index contributed by atoms with van der Waals surface area (Å²) in [6, 6.07) is 17.3. The Labute approximate surface area is 204 Å². The number of rotatable bonds is 10. The van der Waals surface area contributed by atoms with Gasteiger partial charge in [0.25, 0.3) is 11.8 Å². The van der Waals surface area contributed by atoms with Gasteiger partial charge in [-0.1, -0.05) is 29.8 Å². The maximum atomic E-state index is 12.8. The minimum Gasteiger partial charge on any atom is -0.493 e. The highest BCUT2D eigenvalue weighted by Gasteiger charge is 2.15. The Morgan fingerprint density at radius 3 is 2.32 bits per heavy atom. The molecule has 7 nitrogen and oxygen atoms in total. The predicted octanol–water partition coefficient (Wildman–Crippen LogP) is 4.98. The van der Waals surface area contributed by atoms with Crippen LogP contribution in [0.2, 0.25) is 5.02 Å². The molecule has 178 valence electrons. The maximum absolute atomic E-state index is 12.8. The molecule has 0 bridgehead atoms. The number of nitrogens with one attached hydrogen (secondary N) is 2. The van der Waals surface area contributed by atoms with Gasteiger partial charge in [-0.2, -0.15) is 0 Å². The Kier molecular flexibility index (Phi) is 8.76. The smallest absolute Gasteiger partial charge is 0.255 e. The van der Waals surface area contributed by atoms with Crippen molar-refractivity contribution in [1.82, 2.24) is 5.32 Å². The number of amides is 2. The van der Waals surface area contributed by atoms with Gasteiger partial charge >= 0.3 is 0 Å². The van der Waals surface area contributed by atoms with Crippen LogP contribution in [0.4, 0.5) is 5.69 Å². The molecule has 0 saturated carbocycles. The summed E-state index contributed by atoms with van der Waals surface area (Å²) < 4.78 is 16.0. The second-order valence-electron chi connectivity index (χ2n) is 7.27. The van der Waals surface area contributed by atoms with E-state index in [0.29, 0.717) is 58.7 Å². The Morgan fingerprint density at radius 2 is 1.62 bits per heavy atom. The van der Waals surface area contributed by atoms with E-state index in [9.17, 15) is 9.59 Å². The summed E-state index contributed by atoms with van der Waals surface area (Å²) in [6.07, 6.45) is 0.602. The summed E-state index contributed by atoms with van der Waals surface area (Å²) in [5, 5.41) is 6.03. The highest BCUT2D eigenvalue weighted by atomic mass is 35.5. The lowest BCUT2D eigenvalue weighted by molar-refractivity contribution is 0.0955. The summed E-state index contributed by atoms with van der Waals surface area (Å²) in [5.74, 6) is 1.12. The zero-order chi connectivity index (χ0) is 24.5. The van der Waals surface area contributed by atoms with Crippen LogP contribution < -0.4 is 24.8 Å². The molecule has 0 aromatic heterocycles. The van der Waals surface area contributed by atoms with Gasteiger partial charge in [0, 0.05) is 12.1 Å². The van der Waals surface area contributed by atoms with Crippen molar-refractivity contribution in [3.8, 4) is 17.2 Å². The predicted molar refractivity (Wildman–Crippen MR) is 133 cm³/mol. The third-order valence-corrected chi connectivity index (χ3v) is 5.36. The van der Waals surface area contributed by atoms with Crippen molar-refractivity contribution in [2.75, 3.05) is 32.7 Å². The van der Waals surface area contributed by atoms with Gasteiger partial charge < -0.3 is 24.8 Å². The molecule has 0 atom stereocenters. The second kappa shape index (κ2) is 12.0. The Hall–Kier alpha value is -3.71. The van der Waals surface area contributed by atoms with Crippen molar-refractivity contribution in [3.63, 3.8) is 0 Å². The number of hydrogen-bond acceptors (Lipinski definition) is 5. The number of anilines is 1. The van der Waals surface area contributed by atoms with E-state index in [-0.39, 0.29) is 11.8 Å². The van der Waals surface area contributed by atoms with Gasteiger partial charge in [-0.3, -0.25) is 9.59 Å². The van der Waals surface area contributed by atoms with Crippen LogP contribution in [-0.2, 0) is 6.42 Å². The van der Waals surface area contributed by atoms with Gasteiger partial charge in [0.15, 0.2) is 11.5 Å². The number of ether oxygens (including phenoxy) is 3. The third-order valence-electron chi connectivity index (χ3n) is 5.06. The van der Waals surface area contributed by atoms with Crippen LogP contribution in [-0.4, -0.2) is 39.2 Å². The third kappa shape index (κ3) is 6.20. The van der Waals surface area contributed by atoms with Crippen molar-refractivity contribution in [1.29, 1.82) is 0 Å². The van der Waals surface area contributed by atoms with Gasteiger partial charge in [0.05, 0.1) is 37.1 Å². The first-order chi connectivity index (χ1) is 16.5. The molecule has 0 saturated heterocycles. The summed E-state index contributed by atoms with van der Waals surface area (Å²) in [6.45, 7) is 2.73. The minimum atomic E-state index is -0.379. The first-order valence-electron chi connectivity index (χ1n) is 10.8. The lowest BCUT2D eigenvalue weighted by atomic mass is 10.1. The van der Waals surface area contributed by atoms with Gasteiger partial charge in [0.1, 0.15) is 5.75 Å². The SMILES string of the molecule is CCOc1ccc(C(=O)Nc2ccccc2C(=O)NCCc2ccc(OC)c(OC)c2)cc1Cl. The number of methoxy groups -OCH3 is 2. The van der Waals surface area contributed by atoms with E-state index in [1.165, 1.54) is 6.07 Å². The number of para-hydroxylation sites is 1. The molecule has 0 aliphatic heterocycles. The average molecular weight is 483 g/mol. The van der Waals surface area contributed by atoms with E-state index in [2.05, 4.69) is 10.6 Å². The van der Waals surface area contributed by atoms with Gasteiger partial charge in [0.2, 0.25) is 0 Å². The summed E-state index contributed by atoms with van der Waals surface area (Å²) in [5.41, 5.74) is 2.12. The molecule has 2 amide bonds. The highest BCUT2D eigenvalue weighted by Crippen LogP contribution is 2.28. The molecule has 0 aliphatic carbocycles. The maximum Gasteiger partial charge on any atom is 0.255 e. The van der Waals surface area contributed by atoms with E-state index in [4.69, 9.17) is 25.8 Å². The number of benzene rings is 3. The molecule has 0 radical (unpaired) electrons. The Bertz CT molecular complexity index is 1170. The van der Waals surface area contributed by atoms with E-state index < -0.39 is 0 Å². The van der Waals surface area contributed by atoms with Crippen molar-refractivity contribution in [2.24, 2.45) is 0 Å². The standard InChI is InChI=1S/C26H27ClN2O5/c1-4-34-22-12-10-18(16-20(22)27)25(30)29-21-8-6-5-7-19(21)26(31)28-14-13-17-9-11-23(32-2)24(15-17)33-3/h5-12,15-16H,4,13-14H2,1-3H3,(H,28,31)(H,29,30). The van der Waals surface area contributed by atoms with Gasteiger partial charge in [-0.15, -0.1) is 0 Å². The molecule has 3 aromatic carbocycles. The van der Waals surface area contributed by atoms with Crippen LogP contribution >= 0.6 is 11.6 Å². The lowest BCUT2D eigenvalue weighted by Crippen LogP contribution is -2.27. The quantitative estimate of drug-likeness (QED) is 0.425. The fourth-order valence-corrected chi connectivity index (χ4v) is 3.59. The normalized spacial score (nSPS) is 10.4. The first-order valence-corrected chi connectivity index (χ1v) is 11.2. The van der Waals surface area contributed by atoms with Crippen LogP contribution in [0.15, 0.2) is 60.7 Å². The summed E-state index contributed by atoms with van der Waals surface area (Å²) in [4.78, 5) is 25.6. The number of carbonyl (C=O) groups excluding carboxylic acids is 2. The van der Waals surface area contributed by atoms with E-state index in [1.807, 2.05) is 25.1 Å². The summed E-state index contributed by atoms with van der Waals surface area (Å²) >= 11 is 6.20. The molecule has 34 heavy (non-hydrogen) atoms. The molecule has 3 aromatic rings. The Morgan fingerprint density at radius 1 is 0.882 bits per heavy atom. The fourth-order valence-electron chi connectivity index (χ4n) is 3.35. The topological polar surface area (TPSA) is 85.9 Å². The summed E-state index contributed by atoms with van der Waals surface area (Å²) in [7, 11) is 3.16. The van der Waals surface area contributed by atoms with Crippen LogP contribution in [0.3, 0.4) is 0 Å².